The highest BCUT2D eigenvalue weighted by atomic mass is 19.3. The normalized spacial score (nSPS) is 18.6. The summed E-state index contributed by atoms with van der Waals surface area (Å²) in [7, 11) is 0. The number of aromatic nitrogens is 3. The van der Waals surface area contributed by atoms with Crippen molar-refractivity contribution in [1.82, 2.24) is 15.0 Å². The van der Waals surface area contributed by atoms with Gasteiger partial charge in [0.15, 0.2) is 0 Å². The zero-order valence-corrected chi connectivity index (χ0v) is 22.6. The average Bonchev–Trinajstić information content (AvgIpc) is 2.92. The second-order valence-corrected chi connectivity index (χ2v) is 10.2. The minimum Gasteiger partial charge on any atom is -0.428 e. The zero-order chi connectivity index (χ0) is 28.9. The van der Waals surface area contributed by atoms with Crippen LogP contribution in [-0.2, 0) is 24.7 Å². The lowest BCUT2D eigenvalue weighted by Gasteiger charge is -2.37. The molecule has 40 heavy (non-hydrogen) atoms. The molecule has 0 spiro atoms. The SMILES string of the molecule is CC(=O)OCOC(=O)[C@H]1CC[C@H](C(C)(O)c2ccc(-c3cc(C)cc(Nc4cc(C(F)F)ccn4)n3)cn2)CC1. The number of carbonyl (C=O) groups is 2. The molecule has 3 heterocycles. The molecule has 2 N–H and O–H groups in total. The molecule has 1 atom stereocenters. The van der Waals surface area contributed by atoms with Gasteiger partial charge in [-0.15, -0.1) is 0 Å². The summed E-state index contributed by atoms with van der Waals surface area (Å²) in [6.45, 7) is 4.48. The molecule has 1 aliphatic carbocycles. The number of esters is 2. The third-order valence-corrected chi connectivity index (χ3v) is 7.16. The number of alkyl halides is 2. The van der Waals surface area contributed by atoms with Crippen molar-refractivity contribution in [3.05, 3.63) is 65.6 Å². The van der Waals surface area contributed by atoms with Crippen LogP contribution in [0.25, 0.3) is 11.3 Å². The van der Waals surface area contributed by atoms with E-state index in [0.29, 0.717) is 42.9 Å². The van der Waals surface area contributed by atoms with Crippen molar-refractivity contribution in [1.29, 1.82) is 0 Å². The van der Waals surface area contributed by atoms with Crippen LogP contribution in [0.3, 0.4) is 0 Å². The molecule has 0 aromatic carbocycles. The maximum Gasteiger partial charge on any atom is 0.311 e. The molecule has 0 saturated heterocycles. The van der Waals surface area contributed by atoms with Crippen molar-refractivity contribution in [2.75, 3.05) is 12.1 Å². The fourth-order valence-corrected chi connectivity index (χ4v) is 4.89. The number of aryl methyl sites for hydroxylation is 1. The maximum absolute atomic E-state index is 13.1. The Morgan fingerprint density at radius 2 is 1.82 bits per heavy atom. The van der Waals surface area contributed by atoms with Crippen molar-refractivity contribution in [2.45, 2.75) is 58.5 Å². The highest BCUT2D eigenvalue weighted by molar-refractivity contribution is 5.72. The summed E-state index contributed by atoms with van der Waals surface area (Å²) < 4.78 is 35.8. The number of ether oxygens (including phenoxy) is 2. The van der Waals surface area contributed by atoms with E-state index in [-0.39, 0.29) is 23.2 Å². The smallest absolute Gasteiger partial charge is 0.311 e. The van der Waals surface area contributed by atoms with Crippen LogP contribution < -0.4 is 5.32 Å². The Hall–Kier alpha value is -3.99. The molecule has 0 aliphatic heterocycles. The Morgan fingerprint density at radius 3 is 2.48 bits per heavy atom. The molecule has 1 saturated carbocycles. The monoisotopic (exact) mass is 554 g/mol. The first-order valence-electron chi connectivity index (χ1n) is 13.0. The first kappa shape index (κ1) is 29.0. The minimum atomic E-state index is -2.60. The molecule has 4 rings (SSSR count). The topological polar surface area (TPSA) is 124 Å². The third-order valence-electron chi connectivity index (χ3n) is 7.16. The standard InChI is InChI=1S/C29H32F2N4O5/c1-17-12-23(34-26(13-17)35-25-14-20(27(30)31)10-11-32-25)21-6-9-24(33-15-21)29(3,38)22-7-4-19(5-8-22)28(37)40-16-39-18(2)36/h6,9-15,19,22,27,38H,4-5,7-8,16H2,1-3H3,(H,32,34,35)/t19-,22-,29?. The predicted octanol–water partition coefficient (Wildman–Crippen LogP) is 5.61. The van der Waals surface area contributed by atoms with Gasteiger partial charge in [0, 0.05) is 30.4 Å². The number of anilines is 2. The number of hydrogen-bond acceptors (Lipinski definition) is 9. The second kappa shape index (κ2) is 12.5. The first-order valence-corrected chi connectivity index (χ1v) is 13.0. The number of nitrogens with one attached hydrogen (secondary N) is 1. The number of aliphatic hydroxyl groups is 1. The molecule has 0 bridgehead atoms. The Balaban J connectivity index is 1.41. The Bertz CT molecular complexity index is 1340. The van der Waals surface area contributed by atoms with Crippen molar-refractivity contribution in [2.24, 2.45) is 11.8 Å². The van der Waals surface area contributed by atoms with Gasteiger partial charge in [0.05, 0.1) is 17.3 Å². The van der Waals surface area contributed by atoms with Gasteiger partial charge in [-0.2, -0.15) is 0 Å². The minimum absolute atomic E-state index is 0.104. The average molecular weight is 555 g/mol. The summed E-state index contributed by atoms with van der Waals surface area (Å²) in [5.74, 6) is -0.615. The Labute approximate surface area is 231 Å². The Morgan fingerprint density at radius 1 is 1.07 bits per heavy atom. The molecule has 11 heteroatoms. The maximum atomic E-state index is 13.1. The second-order valence-electron chi connectivity index (χ2n) is 10.2. The van der Waals surface area contributed by atoms with Crippen LogP contribution in [0.1, 0.15) is 62.8 Å². The van der Waals surface area contributed by atoms with E-state index >= 15 is 0 Å². The molecule has 1 fully saturated rings. The molecular weight excluding hydrogens is 522 g/mol. The number of rotatable bonds is 9. The number of halogens is 2. The fourth-order valence-electron chi connectivity index (χ4n) is 4.89. The van der Waals surface area contributed by atoms with Crippen molar-refractivity contribution >= 4 is 23.6 Å². The molecule has 3 aromatic heterocycles. The van der Waals surface area contributed by atoms with E-state index in [9.17, 15) is 23.5 Å². The number of pyridine rings is 3. The highest BCUT2D eigenvalue weighted by Gasteiger charge is 2.39. The van der Waals surface area contributed by atoms with E-state index in [0.717, 1.165) is 11.1 Å². The lowest BCUT2D eigenvalue weighted by atomic mass is 9.73. The largest absolute Gasteiger partial charge is 0.428 e. The van der Waals surface area contributed by atoms with Crippen LogP contribution in [0.4, 0.5) is 20.4 Å². The number of carbonyl (C=O) groups excluding carboxylic acids is 2. The van der Waals surface area contributed by atoms with Gasteiger partial charge in [0.1, 0.15) is 17.2 Å². The van der Waals surface area contributed by atoms with Gasteiger partial charge >= 0.3 is 11.9 Å². The van der Waals surface area contributed by atoms with E-state index < -0.39 is 30.8 Å². The van der Waals surface area contributed by atoms with Crippen LogP contribution in [-0.4, -0.2) is 38.8 Å². The van der Waals surface area contributed by atoms with Crippen molar-refractivity contribution in [3.63, 3.8) is 0 Å². The van der Waals surface area contributed by atoms with Crippen LogP contribution in [0.2, 0.25) is 0 Å². The Kier molecular flexibility index (Phi) is 9.03. The molecule has 212 valence electrons. The summed E-state index contributed by atoms with van der Waals surface area (Å²) >= 11 is 0. The predicted molar refractivity (Wildman–Crippen MR) is 142 cm³/mol. The summed E-state index contributed by atoms with van der Waals surface area (Å²) in [6, 6.07) is 9.81. The summed E-state index contributed by atoms with van der Waals surface area (Å²) in [4.78, 5) is 36.3. The van der Waals surface area contributed by atoms with Gasteiger partial charge in [0.25, 0.3) is 6.43 Å². The van der Waals surface area contributed by atoms with Gasteiger partial charge in [0.2, 0.25) is 6.79 Å². The summed E-state index contributed by atoms with van der Waals surface area (Å²) in [6.07, 6.45) is 2.68. The van der Waals surface area contributed by atoms with E-state index in [1.807, 2.05) is 19.1 Å². The van der Waals surface area contributed by atoms with E-state index in [2.05, 4.69) is 25.0 Å². The van der Waals surface area contributed by atoms with E-state index in [1.54, 1.807) is 25.3 Å². The van der Waals surface area contributed by atoms with Crippen molar-refractivity contribution < 1.29 is 33.0 Å². The highest BCUT2D eigenvalue weighted by Crippen LogP contribution is 2.41. The summed E-state index contributed by atoms with van der Waals surface area (Å²) in [5.41, 5.74) is 1.41. The fraction of sp³-hybridized carbons (Fsp3) is 0.414. The van der Waals surface area contributed by atoms with Gasteiger partial charge in [-0.25, -0.2) is 18.7 Å². The summed E-state index contributed by atoms with van der Waals surface area (Å²) in [5, 5.41) is 14.4. The van der Waals surface area contributed by atoms with Crippen molar-refractivity contribution in [3.8, 4) is 11.3 Å². The van der Waals surface area contributed by atoms with Gasteiger partial charge in [-0.1, -0.05) is 0 Å². The molecule has 1 aliphatic rings. The van der Waals surface area contributed by atoms with Gasteiger partial charge < -0.3 is 19.9 Å². The van der Waals surface area contributed by atoms with Crippen LogP contribution in [0.15, 0.2) is 48.8 Å². The molecule has 0 amide bonds. The van der Waals surface area contributed by atoms with Crippen LogP contribution in [0.5, 0.6) is 0 Å². The van der Waals surface area contributed by atoms with E-state index in [4.69, 9.17) is 4.74 Å². The number of hydrogen-bond donors (Lipinski definition) is 2. The quantitative estimate of drug-likeness (QED) is 0.257. The first-order chi connectivity index (χ1) is 19.0. The van der Waals surface area contributed by atoms with Crippen LogP contribution >= 0.6 is 0 Å². The molecule has 3 aromatic rings. The van der Waals surface area contributed by atoms with Gasteiger partial charge in [-0.3, -0.25) is 14.6 Å². The number of nitrogens with zero attached hydrogens (tertiary/aromatic N) is 3. The lowest BCUT2D eigenvalue weighted by Crippen LogP contribution is -2.37. The molecular formula is C29H32F2N4O5. The zero-order valence-electron chi connectivity index (χ0n) is 22.6. The molecule has 1 unspecified atom stereocenters. The lowest BCUT2D eigenvalue weighted by molar-refractivity contribution is -0.170. The molecule has 0 radical (unpaired) electrons. The van der Waals surface area contributed by atoms with Crippen LogP contribution in [0, 0.1) is 18.8 Å². The third kappa shape index (κ3) is 7.15. The molecule has 9 nitrogen and oxygen atoms in total. The van der Waals surface area contributed by atoms with E-state index in [1.165, 1.54) is 25.3 Å². The van der Waals surface area contributed by atoms with Gasteiger partial charge in [-0.05, 0) is 87.4 Å².